The Hall–Kier alpha value is -2.04. The first-order chi connectivity index (χ1) is 11.6. The summed E-state index contributed by atoms with van der Waals surface area (Å²) in [6, 6.07) is 7.60. The van der Waals surface area contributed by atoms with Gasteiger partial charge < -0.3 is 15.4 Å². The summed E-state index contributed by atoms with van der Waals surface area (Å²) in [7, 11) is 0. The third-order valence-corrected chi connectivity index (χ3v) is 5.23. The average Bonchev–Trinajstić information content (AvgIpc) is 2.60. The molecule has 0 radical (unpaired) electrons. The van der Waals surface area contributed by atoms with E-state index in [4.69, 9.17) is 10.5 Å². The van der Waals surface area contributed by atoms with Gasteiger partial charge in [-0.15, -0.1) is 0 Å². The molecule has 5 nitrogen and oxygen atoms in total. The zero-order valence-corrected chi connectivity index (χ0v) is 14.1. The van der Waals surface area contributed by atoms with Gasteiger partial charge in [0.25, 0.3) is 5.91 Å². The van der Waals surface area contributed by atoms with Crippen LogP contribution in [0.15, 0.2) is 24.3 Å². The number of nitrogens with zero attached hydrogens (tertiary/aromatic N) is 1. The third kappa shape index (κ3) is 4.08. The quantitative estimate of drug-likeness (QED) is 0.900. The summed E-state index contributed by atoms with van der Waals surface area (Å²) in [5, 5.41) is 0. The van der Waals surface area contributed by atoms with E-state index in [0.717, 1.165) is 24.9 Å². The number of primary amides is 1. The van der Waals surface area contributed by atoms with E-state index in [1.807, 2.05) is 12.1 Å². The fourth-order valence-corrected chi connectivity index (χ4v) is 4.07. The van der Waals surface area contributed by atoms with Crippen molar-refractivity contribution in [2.45, 2.75) is 51.0 Å². The van der Waals surface area contributed by atoms with Gasteiger partial charge >= 0.3 is 0 Å². The van der Waals surface area contributed by atoms with Crippen molar-refractivity contribution in [3.8, 4) is 5.75 Å². The van der Waals surface area contributed by atoms with Crippen LogP contribution in [0.2, 0.25) is 0 Å². The lowest BCUT2D eigenvalue weighted by Crippen LogP contribution is -2.51. The van der Waals surface area contributed by atoms with E-state index in [2.05, 4.69) is 4.90 Å². The Kier molecular flexibility index (Phi) is 5.38. The van der Waals surface area contributed by atoms with Gasteiger partial charge in [0, 0.05) is 12.6 Å². The second-order valence-electron chi connectivity index (χ2n) is 6.92. The van der Waals surface area contributed by atoms with E-state index in [1.54, 1.807) is 12.1 Å². The molecule has 1 aliphatic heterocycles. The summed E-state index contributed by atoms with van der Waals surface area (Å²) < 4.78 is 5.65. The van der Waals surface area contributed by atoms with Crippen molar-refractivity contribution in [2.24, 2.45) is 11.7 Å². The van der Waals surface area contributed by atoms with Crippen molar-refractivity contribution in [3.63, 3.8) is 0 Å². The summed E-state index contributed by atoms with van der Waals surface area (Å²) in [6.07, 6.45) is 7.51. The van der Waals surface area contributed by atoms with Gasteiger partial charge in [0.1, 0.15) is 5.75 Å². The molecule has 1 aromatic carbocycles. The predicted molar refractivity (Wildman–Crippen MR) is 91.5 cm³/mol. The summed E-state index contributed by atoms with van der Waals surface area (Å²) >= 11 is 0. The minimum Gasteiger partial charge on any atom is -0.484 e. The highest BCUT2D eigenvalue weighted by molar-refractivity contribution is 5.78. The number of fused-ring (bicyclic) bond motifs is 1. The van der Waals surface area contributed by atoms with Crippen molar-refractivity contribution >= 4 is 11.8 Å². The number of ether oxygens (including phenoxy) is 1. The Morgan fingerprint density at radius 2 is 1.79 bits per heavy atom. The highest BCUT2D eigenvalue weighted by Gasteiger charge is 2.35. The molecular weight excluding hydrogens is 304 g/mol. The van der Waals surface area contributed by atoms with Crippen LogP contribution >= 0.6 is 0 Å². The topological polar surface area (TPSA) is 72.6 Å². The second-order valence-corrected chi connectivity index (χ2v) is 6.92. The molecule has 3 rings (SSSR count). The second kappa shape index (κ2) is 7.69. The van der Waals surface area contributed by atoms with Crippen molar-refractivity contribution < 1.29 is 14.3 Å². The van der Waals surface area contributed by atoms with Gasteiger partial charge in [-0.05, 0) is 49.3 Å². The van der Waals surface area contributed by atoms with Crippen LogP contribution in [0.25, 0.3) is 0 Å². The Morgan fingerprint density at radius 1 is 1.08 bits per heavy atom. The van der Waals surface area contributed by atoms with Gasteiger partial charge in [0.05, 0.1) is 6.42 Å². The highest BCUT2D eigenvalue weighted by atomic mass is 16.5. The van der Waals surface area contributed by atoms with Crippen LogP contribution in [-0.2, 0) is 16.0 Å². The van der Waals surface area contributed by atoms with E-state index < -0.39 is 0 Å². The molecule has 0 unspecified atom stereocenters. The number of piperidine rings is 1. The maximum Gasteiger partial charge on any atom is 0.260 e. The standard InChI is InChI=1S/C19H26N2O3/c20-18(22)12-14-7-9-16(10-8-14)24-13-19(23)21-11-3-5-15-4-1-2-6-17(15)21/h7-10,15,17H,1-6,11-13H2,(H2,20,22)/t15-,17+/m0/s1. The zero-order valence-electron chi connectivity index (χ0n) is 14.1. The number of carbonyl (C=O) groups is 2. The lowest BCUT2D eigenvalue weighted by Gasteiger charge is -2.44. The summed E-state index contributed by atoms with van der Waals surface area (Å²) in [5.74, 6) is 1.07. The minimum atomic E-state index is -0.356. The maximum atomic E-state index is 12.6. The lowest BCUT2D eigenvalue weighted by molar-refractivity contribution is -0.139. The normalized spacial score (nSPS) is 23.4. The van der Waals surface area contributed by atoms with Crippen LogP contribution in [-0.4, -0.2) is 35.9 Å². The van der Waals surface area contributed by atoms with Crippen molar-refractivity contribution in [2.75, 3.05) is 13.2 Å². The van der Waals surface area contributed by atoms with Gasteiger partial charge in [-0.25, -0.2) is 0 Å². The molecule has 5 heteroatoms. The molecule has 1 saturated heterocycles. The van der Waals surface area contributed by atoms with Gasteiger partial charge in [0.15, 0.2) is 6.61 Å². The van der Waals surface area contributed by atoms with E-state index in [0.29, 0.717) is 17.7 Å². The third-order valence-electron chi connectivity index (χ3n) is 5.23. The lowest BCUT2D eigenvalue weighted by atomic mass is 9.78. The fourth-order valence-electron chi connectivity index (χ4n) is 4.07. The number of rotatable bonds is 5. The Morgan fingerprint density at radius 3 is 2.54 bits per heavy atom. The number of benzene rings is 1. The molecule has 1 heterocycles. The van der Waals surface area contributed by atoms with E-state index >= 15 is 0 Å². The molecule has 0 spiro atoms. The van der Waals surface area contributed by atoms with Crippen LogP contribution in [0.4, 0.5) is 0 Å². The molecule has 1 saturated carbocycles. The molecule has 1 aliphatic carbocycles. The molecule has 0 bridgehead atoms. The monoisotopic (exact) mass is 330 g/mol. The van der Waals surface area contributed by atoms with E-state index in [1.165, 1.54) is 25.7 Å². The zero-order chi connectivity index (χ0) is 16.9. The molecule has 2 fully saturated rings. The van der Waals surface area contributed by atoms with Crippen LogP contribution in [0.1, 0.15) is 44.1 Å². The van der Waals surface area contributed by atoms with Crippen molar-refractivity contribution in [1.82, 2.24) is 4.90 Å². The van der Waals surface area contributed by atoms with Crippen LogP contribution in [0.5, 0.6) is 5.75 Å². The summed E-state index contributed by atoms with van der Waals surface area (Å²) in [4.78, 5) is 25.5. The fraction of sp³-hybridized carbons (Fsp3) is 0.579. The van der Waals surface area contributed by atoms with E-state index in [9.17, 15) is 9.59 Å². The molecule has 2 N–H and O–H groups in total. The van der Waals surface area contributed by atoms with Crippen LogP contribution in [0, 0.1) is 5.92 Å². The molecule has 24 heavy (non-hydrogen) atoms. The number of nitrogens with two attached hydrogens (primary N) is 1. The number of carbonyl (C=O) groups excluding carboxylic acids is 2. The SMILES string of the molecule is NC(=O)Cc1ccc(OCC(=O)N2CCC[C@@H]3CCCC[C@H]32)cc1. The van der Waals surface area contributed by atoms with Crippen molar-refractivity contribution in [3.05, 3.63) is 29.8 Å². The Labute approximate surface area is 143 Å². The summed E-state index contributed by atoms with van der Waals surface area (Å²) in [6.45, 7) is 0.944. The first kappa shape index (κ1) is 16.8. The van der Waals surface area contributed by atoms with Crippen LogP contribution < -0.4 is 10.5 Å². The first-order valence-corrected chi connectivity index (χ1v) is 8.93. The molecule has 0 aromatic heterocycles. The average molecular weight is 330 g/mol. The molecule has 2 aliphatic rings. The first-order valence-electron chi connectivity index (χ1n) is 8.93. The maximum absolute atomic E-state index is 12.6. The molecule has 130 valence electrons. The minimum absolute atomic E-state index is 0.0817. The number of hydrogen-bond acceptors (Lipinski definition) is 3. The number of hydrogen-bond donors (Lipinski definition) is 1. The van der Waals surface area contributed by atoms with Crippen molar-refractivity contribution in [1.29, 1.82) is 0 Å². The van der Waals surface area contributed by atoms with Gasteiger partial charge in [0.2, 0.25) is 5.91 Å². The molecule has 1 aromatic rings. The largest absolute Gasteiger partial charge is 0.484 e. The number of amides is 2. The molecular formula is C19H26N2O3. The van der Waals surface area contributed by atoms with Gasteiger partial charge in [-0.3, -0.25) is 9.59 Å². The highest BCUT2D eigenvalue weighted by Crippen LogP contribution is 2.35. The Balaban J connectivity index is 1.54. The molecule has 2 atom stereocenters. The predicted octanol–water partition coefficient (Wildman–Crippen LogP) is 2.27. The van der Waals surface area contributed by atoms with Crippen LogP contribution in [0.3, 0.4) is 0 Å². The van der Waals surface area contributed by atoms with Gasteiger partial charge in [-0.1, -0.05) is 25.0 Å². The van der Waals surface area contributed by atoms with E-state index in [-0.39, 0.29) is 24.8 Å². The van der Waals surface area contributed by atoms with Gasteiger partial charge in [-0.2, -0.15) is 0 Å². The molecule has 2 amide bonds. The Bertz CT molecular complexity index is 583. The summed E-state index contributed by atoms with van der Waals surface area (Å²) in [5.41, 5.74) is 6.03. The smallest absolute Gasteiger partial charge is 0.260 e. The number of likely N-dealkylation sites (tertiary alicyclic amines) is 1.